The molecule has 0 unspecified atom stereocenters. The van der Waals surface area contributed by atoms with Gasteiger partial charge in [-0.1, -0.05) is 91.0 Å². The molecule has 1 aliphatic heterocycles. The molecule has 0 saturated heterocycles. The first-order valence-corrected chi connectivity index (χ1v) is 9.87. The van der Waals surface area contributed by atoms with Gasteiger partial charge in [0.1, 0.15) is 11.5 Å². The first kappa shape index (κ1) is 16.1. The van der Waals surface area contributed by atoms with E-state index in [1.807, 2.05) is 0 Å². The molecule has 29 heavy (non-hydrogen) atoms. The van der Waals surface area contributed by atoms with Gasteiger partial charge in [0.25, 0.3) is 0 Å². The van der Waals surface area contributed by atoms with Gasteiger partial charge in [-0.2, -0.15) is 0 Å². The molecule has 6 rings (SSSR count). The van der Waals surface area contributed by atoms with Gasteiger partial charge in [-0.25, -0.2) is 0 Å². The summed E-state index contributed by atoms with van der Waals surface area (Å²) in [5, 5.41) is 4.87. The molecule has 1 heteroatoms. The van der Waals surface area contributed by atoms with E-state index in [4.69, 9.17) is 4.74 Å². The van der Waals surface area contributed by atoms with Crippen molar-refractivity contribution in [2.24, 2.45) is 0 Å². The number of hydrogen-bond acceptors (Lipinski definition) is 1. The highest BCUT2D eigenvalue weighted by molar-refractivity contribution is 6.12. The third-order valence-corrected chi connectivity index (χ3v) is 5.65. The molecular weight excluding hydrogens is 352 g/mol. The maximum Gasteiger partial charge on any atom is 0.135 e. The van der Waals surface area contributed by atoms with Crippen molar-refractivity contribution in [1.29, 1.82) is 0 Å². The highest BCUT2D eigenvalue weighted by Crippen LogP contribution is 2.49. The standard InChI is InChI=1S/C28H18O/c1-2-8-19(9-3-1)18-24-27-22-12-6-4-10-20(22)14-16-25(27)29-26-17-15-21-11-5-7-13-23(21)28(24)26/h1-18H. The average molecular weight is 370 g/mol. The van der Waals surface area contributed by atoms with Gasteiger partial charge in [0.2, 0.25) is 0 Å². The summed E-state index contributed by atoms with van der Waals surface area (Å²) in [4.78, 5) is 0. The maximum atomic E-state index is 6.42. The second-order valence-corrected chi connectivity index (χ2v) is 7.39. The van der Waals surface area contributed by atoms with Crippen LogP contribution in [0.15, 0.2) is 103 Å². The molecule has 0 radical (unpaired) electrons. The topological polar surface area (TPSA) is 9.23 Å². The van der Waals surface area contributed by atoms with Gasteiger partial charge in [0.05, 0.1) is 0 Å². The Morgan fingerprint density at radius 2 is 1.00 bits per heavy atom. The quantitative estimate of drug-likeness (QED) is 0.288. The van der Waals surface area contributed by atoms with E-state index in [0.29, 0.717) is 0 Å². The Bertz CT molecular complexity index is 1320. The lowest BCUT2D eigenvalue weighted by molar-refractivity contribution is 0.476. The summed E-state index contributed by atoms with van der Waals surface area (Å²) in [5.74, 6) is 1.82. The molecule has 0 atom stereocenters. The van der Waals surface area contributed by atoms with Gasteiger partial charge in [0.15, 0.2) is 0 Å². The van der Waals surface area contributed by atoms with Gasteiger partial charge in [-0.3, -0.25) is 0 Å². The lowest BCUT2D eigenvalue weighted by Gasteiger charge is -2.26. The fourth-order valence-electron chi connectivity index (χ4n) is 4.33. The summed E-state index contributed by atoms with van der Waals surface area (Å²) in [5.41, 5.74) is 4.72. The van der Waals surface area contributed by atoms with Crippen LogP contribution in [0.1, 0.15) is 16.7 Å². The summed E-state index contributed by atoms with van der Waals surface area (Å²) in [6.07, 6.45) is 2.29. The molecule has 0 spiro atoms. The van der Waals surface area contributed by atoms with Gasteiger partial charge >= 0.3 is 0 Å². The van der Waals surface area contributed by atoms with Crippen molar-refractivity contribution in [3.63, 3.8) is 0 Å². The van der Waals surface area contributed by atoms with E-state index in [0.717, 1.165) is 22.6 Å². The summed E-state index contributed by atoms with van der Waals surface area (Å²) in [7, 11) is 0. The zero-order chi connectivity index (χ0) is 19.2. The van der Waals surface area contributed by atoms with Crippen LogP contribution in [0.4, 0.5) is 0 Å². The van der Waals surface area contributed by atoms with E-state index in [-0.39, 0.29) is 0 Å². The molecule has 1 aliphatic rings. The number of rotatable bonds is 1. The third-order valence-electron chi connectivity index (χ3n) is 5.65. The van der Waals surface area contributed by atoms with Crippen LogP contribution in [0, 0.1) is 0 Å². The molecule has 0 fully saturated rings. The zero-order valence-corrected chi connectivity index (χ0v) is 15.8. The SMILES string of the molecule is C(=C1c2c(ccc3ccccc23)Oc2ccc3ccccc3c21)c1ccccc1. The normalized spacial score (nSPS) is 12.3. The van der Waals surface area contributed by atoms with Crippen molar-refractivity contribution in [3.8, 4) is 11.5 Å². The Morgan fingerprint density at radius 3 is 1.59 bits per heavy atom. The van der Waals surface area contributed by atoms with Crippen LogP contribution in [0.25, 0.3) is 33.2 Å². The Hall–Kier alpha value is -3.84. The zero-order valence-electron chi connectivity index (χ0n) is 15.8. The first-order valence-electron chi connectivity index (χ1n) is 9.87. The van der Waals surface area contributed by atoms with Crippen LogP contribution in [0.2, 0.25) is 0 Å². The van der Waals surface area contributed by atoms with Crippen LogP contribution < -0.4 is 4.74 Å². The fraction of sp³-hybridized carbons (Fsp3) is 0. The summed E-state index contributed by atoms with van der Waals surface area (Å²) in [6.45, 7) is 0. The van der Waals surface area contributed by atoms with Crippen molar-refractivity contribution in [2.45, 2.75) is 0 Å². The second kappa shape index (κ2) is 6.35. The molecule has 5 aromatic rings. The summed E-state index contributed by atoms with van der Waals surface area (Å²) in [6, 6.07) is 36.0. The minimum Gasteiger partial charge on any atom is -0.456 e. The van der Waals surface area contributed by atoms with Crippen molar-refractivity contribution < 1.29 is 4.74 Å². The molecule has 0 amide bonds. The fourth-order valence-corrected chi connectivity index (χ4v) is 4.33. The number of ether oxygens (including phenoxy) is 1. The van der Waals surface area contributed by atoms with Crippen LogP contribution in [-0.4, -0.2) is 0 Å². The molecule has 0 aliphatic carbocycles. The number of hydrogen-bond donors (Lipinski definition) is 0. The molecule has 136 valence electrons. The van der Waals surface area contributed by atoms with Crippen LogP contribution in [0.3, 0.4) is 0 Å². The molecular formula is C28H18O. The van der Waals surface area contributed by atoms with Gasteiger partial charge in [-0.05, 0) is 50.9 Å². The van der Waals surface area contributed by atoms with E-state index in [1.165, 1.54) is 32.7 Å². The van der Waals surface area contributed by atoms with E-state index in [9.17, 15) is 0 Å². The summed E-state index contributed by atoms with van der Waals surface area (Å²) >= 11 is 0. The Labute approximate surface area is 169 Å². The van der Waals surface area contributed by atoms with Crippen molar-refractivity contribution in [2.75, 3.05) is 0 Å². The van der Waals surface area contributed by atoms with Gasteiger partial charge in [0, 0.05) is 11.1 Å². The third kappa shape index (κ3) is 2.55. The Kier molecular flexibility index (Phi) is 3.54. The molecule has 0 aromatic heterocycles. The van der Waals surface area contributed by atoms with E-state index >= 15 is 0 Å². The van der Waals surface area contributed by atoms with Gasteiger partial charge in [-0.15, -0.1) is 0 Å². The first-order chi connectivity index (χ1) is 14.4. The second-order valence-electron chi connectivity index (χ2n) is 7.39. The monoisotopic (exact) mass is 370 g/mol. The predicted octanol–water partition coefficient (Wildman–Crippen LogP) is 7.69. The van der Waals surface area contributed by atoms with E-state index in [2.05, 4.69) is 109 Å². The average Bonchev–Trinajstić information content (AvgIpc) is 2.79. The lowest BCUT2D eigenvalue weighted by atomic mass is 9.86. The molecule has 5 aromatic carbocycles. The molecule has 0 N–H and O–H groups in total. The molecule has 1 nitrogen and oxygen atoms in total. The molecule has 0 bridgehead atoms. The highest BCUT2D eigenvalue weighted by Gasteiger charge is 2.25. The lowest BCUT2D eigenvalue weighted by Crippen LogP contribution is -2.04. The number of fused-ring (bicyclic) bond motifs is 6. The minimum absolute atomic E-state index is 0.911. The predicted molar refractivity (Wildman–Crippen MR) is 121 cm³/mol. The van der Waals surface area contributed by atoms with Crippen molar-refractivity contribution in [1.82, 2.24) is 0 Å². The van der Waals surface area contributed by atoms with Crippen LogP contribution >= 0.6 is 0 Å². The van der Waals surface area contributed by atoms with Crippen molar-refractivity contribution in [3.05, 3.63) is 120 Å². The molecule has 1 heterocycles. The van der Waals surface area contributed by atoms with E-state index in [1.54, 1.807) is 0 Å². The van der Waals surface area contributed by atoms with Crippen LogP contribution in [0.5, 0.6) is 11.5 Å². The van der Waals surface area contributed by atoms with E-state index < -0.39 is 0 Å². The largest absolute Gasteiger partial charge is 0.456 e. The van der Waals surface area contributed by atoms with Gasteiger partial charge < -0.3 is 4.74 Å². The van der Waals surface area contributed by atoms with Crippen LogP contribution in [-0.2, 0) is 0 Å². The smallest absolute Gasteiger partial charge is 0.135 e. The highest BCUT2D eigenvalue weighted by atomic mass is 16.5. The maximum absolute atomic E-state index is 6.42. The number of benzene rings is 5. The summed E-state index contributed by atoms with van der Waals surface area (Å²) < 4.78 is 6.42. The van der Waals surface area contributed by atoms with Crippen molar-refractivity contribution >= 4 is 33.2 Å². The Balaban J connectivity index is 1.76. The molecule has 0 saturated carbocycles. The minimum atomic E-state index is 0.911. The Morgan fingerprint density at radius 1 is 0.483 bits per heavy atom.